The number of fused-ring (bicyclic) bond motifs is 1. The topological polar surface area (TPSA) is 55.4 Å². The number of nitrogens with one attached hydrogen (secondary N) is 1. The van der Waals surface area contributed by atoms with Gasteiger partial charge in [-0.1, -0.05) is 61.2 Å². The van der Waals surface area contributed by atoms with E-state index >= 15 is 0 Å². The van der Waals surface area contributed by atoms with Crippen molar-refractivity contribution in [3.05, 3.63) is 67.3 Å². The second kappa shape index (κ2) is 7.79. The van der Waals surface area contributed by atoms with Crippen molar-refractivity contribution in [2.24, 2.45) is 11.8 Å². The number of carbonyl (C=O) groups excluding carboxylic acids is 2. The van der Waals surface area contributed by atoms with E-state index in [9.17, 15) is 9.59 Å². The first-order valence-corrected chi connectivity index (χ1v) is 8.42. The van der Waals surface area contributed by atoms with E-state index in [4.69, 9.17) is 4.74 Å². The molecule has 4 heteroatoms. The molecule has 0 spiro atoms. The Bertz CT molecular complexity index is 820. The van der Waals surface area contributed by atoms with Crippen molar-refractivity contribution >= 4 is 28.3 Å². The molecule has 25 heavy (non-hydrogen) atoms. The molecule has 3 rings (SSSR count). The number of hydrogen-bond acceptors (Lipinski definition) is 3. The third-order valence-corrected chi connectivity index (χ3v) is 4.46. The first kappa shape index (κ1) is 17.0. The Morgan fingerprint density at radius 3 is 2.60 bits per heavy atom. The molecule has 2 atom stereocenters. The molecule has 0 bridgehead atoms. The predicted octanol–water partition coefficient (Wildman–Crippen LogP) is 4.09. The van der Waals surface area contributed by atoms with Crippen LogP contribution in [0.2, 0.25) is 0 Å². The summed E-state index contributed by atoms with van der Waals surface area (Å²) in [6, 6.07) is 13.7. The van der Waals surface area contributed by atoms with Gasteiger partial charge in [-0.15, -0.1) is 0 Å². The number of rotatable bonds is 5. The first-order chi connectivity index (χ1) is 12.2. The predicted molar refractivity (Wildman–Crippen MR) is 99.1 cm³/mol. The maximum atomic E-state index is 12.8. The zero-order valence-electron chi connectivity index (χ0n) is 14.0. The summed E-state index contributed by atoms with van der Waals surface area (Å²) in [6.45, 7) is 3.71. The number of carbonyl (C=O) groups is 2. The molecule has 0 fully saturated rings. The molecule has 0 saturated carbocycles. The zero-order chi connectivity index (χ0) is 17.6. The van der Waals surface area contributed by atoms with E-state index in [0.717, 1.165) is 16.5 Å². The molecule has 0 aromatic heterocycles. The minimum absolute atomic E-state index is 0.152. The van der Waals surface area contributed by atoms with Gasteiger partial charge in [0, 0.05) is 11.1 Å². The Hall–Kier alpha value is -2.88. The SMILES string of the molecule is C=CCOC(=O)[C@@H]1CC=CC[C@@H]1C(=O)Nc1cccc2ccccc12. The summed E-state index contributed by atoms with van der Waals surface area (Å²) in [5, 5.41) is 5.04. The lowest BCUT2D eigenvalue weighted by atomic mass is 9.82. The van der Waals surface area contributed by atoms with Crippen LogP contribution >= 0.6 is 0 Å². The summed E-state index contributed by atoms with van der Waals surface area (Å²) in [4.78, 5) is 25.1. The van der Waals surface area contributed by atoms with E-state index in [-0.39, 0.29) is 18.5 Å². The van der Waals surface area contributed by atoms with E-state index in [0.29, 0.717) is 12.8 Å². The molecule has 1 aliphatic carbocycles. The van der Waals surface area contributed by atoms with E-state index in [2.05, 4.69) is 11.9 Å². The van der Waals surface area contributed by atoms with Crippen LogP contribution in [-0.2, 0) is 14.3 Å². The van der Waals surface area contributed by atoms with Crippen LogP contribution in [0, 0.1) is 11.8 Å². The minimum Gasteiger partial charge on any atom is -0.461 e. The number of anilines is 1. The third-order valence-electron chi connectivity index (χ3n) is 4.46. The molecule has 1 amide bonds. The quantitative estimate of drug-likeness (QED) is 0.661. The normalized spacial score (nSPS) is 19.4. The van der Waals surface area contributed by atoms with Crippen molar-refractivity contribution < 1.29 is 14.3 Å². The monoisotopic (exact) mass is 335 g/mol. The Kier molecular flexibility index (Phi) is 5.29. The molecule has 128 valence electrons. The first-order valence-electron chi connectivity index (χ1n) is 8.42. The third kappa shape index (κ3) is 3.79. The van der Waals surface area contributed by atoms with Crippen molar-refractivity contribution in [3.8, 4) is 0 Å². The van der Waals surface area contributed by atoms with Gasteiger partial charge in [0.2, 0.25) is 5.91 Å². The molecule has 0 heterocycles. The number of hydrogen-bond donors (Lipinski definition) is 1. The fraction of sp³-hybridized carbons (Fsp3) is 0.238. The van der Waals surface area contributed by atoms with Gasteiger partial charge in [0.15, 0.2) is 0 Å². The van der Waals surface area contributed by atoms with Gasteiger partial charge in [-0.05, 0) is 24.3 Å². The van der Waals surface area contributed by atoms with E-state index in [1.54, 1.807) is 0 Å². The lowest BCUT2D eigenvalue weighted by Crippen LogP contribution is -2.35. The Morgan fingerprint density at radius 2 is 1.80 bits per heavy atom. The molecule has 0 radical (unpaired) electrons. The van der Waals surface area contributed by atoms with Gasteiger partial charge >= 0.3 is 5.97 Å². The van der Waals surface area contributed by atoms with Gasteiger partial charge in [0.1, 0.15) is 6.61 Å². The summed E-state index contributed by atoms with van der Waals surface area (Å²) in [5.41, 5.74) is 0.760. The van der Waals surface area contributed by atoms with Crippen LogP contribution in [0.3, 0.4) is 0 Å². The van der Waals surface area contributed by atoms with Crippen LogP contribution in [0.1, 0.15) is 12.8 Å². The number of ether oxygens (including phenoxy) is 1. The van der Waals surface area contributed by atoms with E-state index in [1.165, 1.54) is 6.08 Å². The molecule has 0 saturated heterocycles. The molecular weight excluding hydrogens is 314 g/mol. The summed E-state index contributed by atoms with van der Waals surface area (Å²) >= 11 is 0. The van der Waals surface area contributed by atoms with Crippen LogP contribution in [-0.4, -0.2) is 18.5 Å². The molecule has 0 unspecified atom stereocenters. The summed E-state index contributed by atoms with van der Waals surface area (Å²) in [5.74, 6) is -1.38. The Labute approximate surface area is 147 Å². The van der Waals surface area contributed by atoms with Crippen molar-refractivity contribution in [3.63, 3.8) is 0 Å². The number of amides is 1. The fourth-order valence-corrected chi connectivity index (χ4v) is 3.17. The average Bonchev–Trinajstić information content (AvgIpc) is 2.66. The lowest BCUT2D eigenvalue weighted by molar-refractivity contribution is -0.151. The average molecular weight is 335 g/mol. The molecule has 0 aliphatic heterocycles. The molecule has 2 aromatic carbocycles. The highest BCUT2D eigenvalue weighted by Gasteiger charge is 2.35. The summed E-state index contributed by atoms with van der Waals surface area (Å²) < 4.78 is 5.16. The zero-order valence-corrected chi connectivity index (χ0v) is 14.0. The van der Waals surface area contributed by atoms with Gasteiger partial charge in [0.25, 0.3) is 0 Å². The number of allylic oxidation sites excluding steroid dienone is 2. The van der Waals surface area contributed by atoms with Crippen molar-refractivity contribution in [1.82, 2.24) is 0 Å². The maximum Gasteiger partial charge on any atom is 0.310 e. The van der Waals surface area contributed by atoms with Crippen LogP contribution in [0.15, 0.2) is 67.3 Å². The maximum absolute atomic E-state index is 12.8. The minimum atomic E-state index is -0.458. The van der Waals surface area contributed by atoms with E-state index < -0.39 is 11.8 Å². The van der Waals surface area contributed by atoms with Gasteiger partial charge in [-0.3, -0.25) is 9.59 Å². The van der Waals surface area contributed by atoms with Crippen LogP contribution < -0.4 is 5.32 Å². The second-order valence-corrected chi connectivity index (χ2v) is 6.09. The highest BCUT2D eigenvalue weighted by Crippen LogP contribution is 2.30. The van der Waals surface area contributed by atoms with E-state index in [1.807, 2.05) is 54.6 Å². The molecule has 1 aliphatic rings. The Balaban J connectivity index is 1.79. The van der Waals surface area contributed by atoms with Gasteiger partial charge in [0.05, 0.1) is 11.8 Å². The second-order valence-electron chi connectivity index (χ2n) is 6.09. The number of esters is 1. The molecule has 1 N–H and O–H groups in total. The van der Waals surface area contributed by atoms with Crippen molar-refractivity contribution in [2.75, 3.05) is 11.9 Å². The van der Waals surface area contributed by atoms with Crippen molar-refractivity contribution in [1.29, 1.82) is 0 Å². The van der Waals surface area contributed by atoms with Crippen LogP contribution in [0.25, 0.3) is 10.8 Å². The van der Waals surface area contributed by atoms with Gasteiger partial charge in [-0.2, -0.15) is 0 Å². The molecule has 4 nitrogen and oxygen atoms in total. The standard InChI is InChI=1S/C21H21NO3/c1-2-14-25-21(24)18-12-6-5-11-17(18)20(23)22-19-13-7-9-15-8-3-4-10-16(15)19/h2-10,13,17-18H,1,11-12,14H2,(H,22,23)/t17-,18+/m0/s1. The molecule has 2 aromatic rings. The van der Waals surface area contributed by atoms with Crippen LogP contribution in [0.5, 0.6) is 0 Å². The van der Waals surface area contributed by atoms with Crippen molar-refractivity contribution in [2.45, 2.75) is 12.8 Å². The highest BCUT2D eigenvalue weighted by molar-refractivity contribution is 6.03. The summed E-state index contributed by atoms with van der Waals surface area (Å²) in [7, 11) is 0. The highest BCUT2D eigenvalue weighted by atomic mass is 16.5. The summed E-state index contributed by atoms with van der Waals surface area (Å²) in [6.07, 6.45) is 6.46. The van der Waals surface area contributed by atoms with Crippen LogP contribution in [0.4, 0.5) is 5.69 Å². The van der Waals surface area contributed by atoms with Gasteiger partial charge in [-0.25, -0.2) is 0 Å². The largest absolute Gasteiger partial charge is 0.461 e. The van der Waals surface area contributed by atoms with Gasteiger partial charge < -0.3 is 10.1 Å². The Morgan fingerprint density at radius 1 is 1.08 bits per heavy atom. The number of benzene rings is 2. The molecular formula is C21H21NO3. The lowest BCUT2D eigenvalue weighted by Gasteiger charge is -2.26. The smallest absolute Gasteiger partial charge is 0.310 e. The fourth-order valence-electron chi connectivity index (χ4n) is 3.17.